The van der Waals surface area contributed by atoms with E-state index >= 15 is 0 Å². The minimum absolute atomic E-state index is 0.0427. The lowest BCUT2D eigenvalue weighted by atomic mass is 10.0. The highest BCUT2D eigenvalue weighted by molar-refractivity contribution is 5.99. The van der Waals surface area contributed by atoms with Crippen molar-refractivity contribution in [3.05, 3.63) is 65.2 Å². The fourth-order valence-electron chi connectivity index (χ4n) is 4.80. The van der Waals surface area contributed by atoms with E-state index in [1.165, 1.54) is 35.9 Å². The number of nitrogens with one attached hydrogen (secondary N) is 1. The van der Waals surface area contributed by atoms with Crippen LogP contribution in [0.3, 0.4) is 0 Å². The molecule has 0 spiro atoms. The van der Waals surface area contributed by atoms with Gasteiger partial charge in [0.05, 0.1) is 20.6 Å². The average Bonchev–Trinajstić information content (AvgIpc) is 3.05. The van der Waals surface area contributed by atoms with Crippen LogP contribution >= 0.6 is 0 Å². The molecule has 2 aromatic carbocycles. The van der Waals surface area contributed by atoms with E-state index in [0.717, 1.165) is 12.7 Å². The van der Waals surface area contributed by atoms with Gasteiger partial charge in [-0.3, -0.25) is 28.8 Å². The second-order valence-electron chi connectivity index (χ2n) is 10.9. The van der Waals surface area contributed by atoms with E-state index in [4.69, 9.17) is 19.9 Å². The van der Waals surface area contributed by atoms with Crippen molar-refractivity contribution in [1.82, 2.24) is 20.0 Å². The molecule has 14 nitrogen and oxygen atoms in total. The van der Waals surface area contributed by atoms with Crippen molar-refractivity contribution in [2.45, 2.75) is 31.3 Å². The zero-order valence-electron chi connectivity index (χ0n) is 26.5. The van der Waals surface area contributed by atoms with Gasteiger partial charge in [0.25, 0.3) is 11.8 Å². The van der Waals surface area contributed by atoms with Crippen LogP contribution < -0.4 is 15.8 Å². The first-order valence-electron chi connectivity index (χ1n) is 14.7. The number of likely N-dealkylation sites (N-methyl/N-ethyl adjacent to an activating group) is 1. The van der Waals surface area contributed by atoms with Crippen LogP contribution in [0.1, 0.15) is 27.9 Å². The number of benzene rings is 2. The number of carbonyl (C=O) groups excluding carboxylic acids is 6. The Bertz CT molecular complexity index is 1400. The van der Waals surface area contributed by atoms with E-state index < -0.39 is 67.2 Å². The smallest absolute Gasteiger partial charge is 0.326 e. The van der Waals surface area contributed by atoms with Crippen LogP contribution in [0.5, 0.6) is 5.75 Å². The summed E-state index contributed by atoms with van der Waals surface area (Å²) in [5.74, 6) is -3.16. The minimum atomic E-state index is -1.31. The predicted octanol–water partition coefficient (Wildman–Crippen LogP) is -0.229. The number of rotatable bonds is 14. The van der Waals surface area contributed by atoms with Gasteiger partial charge in [-0.15, -0.1) is 0 Å². The Morgan fingerprint density at radius 2 is 1.61 bits per heavy atom. The highest BCUT2D eigenvalue weighted by atomic mass is 16.5. The van der Waals surface area contributed by atoms with Gasteiger partial charge in [-0.2, -0.15) is 0 Å². The van der Waals surface area contributed by atoms with Crippen molar-refractivity contribution in [1.29, 1.82) is 0 Å². The summed E-state index contributed by atoms with van der Waals surface area (Å²) in [6.07, 6.45) is 0.247. The predicted molar refractivity (Wildman–Crippen MR) is 166 cm³/mol. The highest BCUT2D eigenvalue weighted by Gasteiger charge is 2.42. The minimum Gasteiger partial charge on any atom is -0.497 e. The molecule has 0 aromatic heterocycles. The van der Waals surface area contributed by atoms with E-state index in [1.807, 2.05) is 0 Å². The number of nitrogens with zero attached hydrogens (tertiary/aromatic N) is 3. The molecule has 14 heteroatoms. The lowest BCUT2D eigenvalue weighted by Crippen LogP contribution is -2.63. The molecule has 0 saturated carbocycles. The van der Waals surface area contributed by atoms with Crippen LogP contribution in [0, 0.1) is 0 Å². The van der Waals surface area contributed by atoms with Crippen LogP contribution in [0.15, 0.2) is 48.5 Å². The lowest BCUT2D eigenvalue weighted by molar-refractivity contribution is -0.161. The van der Waals surface area contributed by atoms with Crippen molar-refractivity contribution in [3.63, 3.8) is 0 Å². The molecule has 1 aliphatic rings. The Morgan fingerprint density at radius 3 is 2.20 bits per heavy atom. The number of piperazine rings is 1. The van der Waals surface area contributed by atoms with E-state index in [1.54, 1.807) is 48.5 Å². The molecular weight excluding hydrogens is 598 g/mol. The molecule has 1 heterocycles. The molecule has 0 aliphatic carbocycles. The first kappa shape index (κ1) is 35.5. The quantitative estimate of drug-likeness (QED) is 0.263. The molecule has 1 saturated heterocycles. The molecule has 0 bridgehead atoms. The van der Waals surface area contributed by atoms with Crippen molar-refractivity contribution >= 4 is 35.6 Å². The number of nitrogens with two attached hydrogens (primary N) is 1. The van der Waals surface area contributed by atoms with Crippen molar-refractivity contribution in [3.8, 4) is 5.75 Å². The van der Waals surface area contributed by atoms with Gasteiger partial charge in [-0.05, 0) is 48.4 Å². The van der Waals surface area contributed by atoms with Crippen molar-refractivity contribution < 1.29 is 43.0 Å². The normalized spacial score (nSPS) is 15.1. The van der Waals surface area contributed by atoms with Crippen LogP contribution in [-0.2, 0) is 46.3 Å². The SMILES string of the molecule is COC(=O)C[C@H]1C(=O)N(CC(=O)OCC(=O)N(C)C)CCN1C(=O)[C@H](Cc1ccc(OC)cc1)NC(=O)c1ccc(CCN)cc1. The van der Waals surface area contributed by atoms with Crippen molar-refractivity contribution in [2.24, 2.45) is 5.73 Å². The Kier molecular flexibility index (Phi) is 13.1. The summed E-state index contributed by atoms with van der Waals surface area (Å²) in [6.45, 7) is -0.609. The molecule has 4 amide bonds. The average molecular weight is 640 g/mol. The summed E-state index contributed by atoms with van der Waals surface area (Å²) < 4.78 is 15.0. The first-order chi connectivity index (χ1) is 22.0. The van der Waals surface area contributed by atoms with Crippen molar-refractivity contribution in [2.75, 3.05) is 61.1 Å². The third kappa shape index (κ3) is 9.76. The molecule has 248 valence electrons. The topological polar surface area (TPSA) is 178 Å². The van der Waals surface area contributed by atoms with Crippen LogP contribution in [0.4, 0.5) is 0 Å². The van der Waals surface area contributed by atoms with Crippen LogP contribution in [-0.4, -0.2) is 123 Å². The molecule has 0 radical (unpaired) electrons. The molecule has 1 aliphatic heterocycles. The fourth-order valence-corrected chi connectivity index (χ4v) is 4.80. The van der Waals surface area contributed by atoms with Gasteiger partial charge >= 0.3 is 11.9 Å². The number of hydrogen-bond acceptors (Lipinski definition) is 10. The van der Waals surface area contributed by atoms with E-state index in [9.17, 15) is 28.8 Å². The van der Waals surface area contributed by atoms with E-state index in [-0.39, 0.29) is 19.5 Å². The maximum absolute atomic E-state index is 14.1. The van der Waals surface area contributed by atoms with E-state index in [2.05, 4.69) is 5.32 Å². The van der Waals surface area contributed by atoms with Crippen LogP contribution in [0.25, 0.3) is 0 Å². The maximum atomic E-state index is 14.1. The monoisotopic (exact) mass is 639 g/mol. The third-order valence-corrected chi connectivity index (χ3v) is 7.48. The summed E-state index contributed by atoms with van der Waals surface area (Å²) in [6, 6.07) is 11.4. The van der Waals surface area contributed by atoms with Gasteiger partial charge in [-0.1, -0.05) is 24.3 Å². The first-order valence-corrected chi connectivity index (χ1v) is 14.7. The largest absolute Gasteiger partial charge is 0.497 e. The molecule has 0 unspecified atom stereocenters. The van der Waals surface area contributed by atoms with Gasteiger partial charge in [-0.25, -0.2) is 0 Å². The second kappa shape index (κ2) is 16.9. The van der Waals surface area contributed by atoms with Gasteiger partial charge < -0.3 is 40.0 Å². The molecule has 1 fully saturated rings. The second-order valence-corrected chi connectivity index (χ2v) is 10.9. The zero-order chi connectivity index (χ0) is 33.8. The molecule has 2 aromatic rings. The third-order valence-electron chi connectivity index (χ3n) is 7.48. The van der Waals surface area contributed by atoms with Crippen LogP contribution in [0.2, 0.25) is 0 Å². The lowest BCUT2D eigenvalue weighted by Gasteiger charge is -2.41. The summed E-state index contributed by atoms with van der Waals surface area (Å²) in [5.41, 5.74) is 7.62. The fraction of sp³-hybridized carbons (Fsp3) is 0.438. The Labute approximate surface area is 267 Å². The summed E-state index contributed by atoms with van der Waals surface area (Å²) >= 11 is 0. The summed E-state index contributed by atoms with van der Waals surface area (Å²) in [4.78, 5) is 81.3. The number of carbonyl (C=O) groups is 6. The highest BCUT2D eigenvalue weighted by Crippen LogP contribution is 2.20. The molecule has 3 rings (SSSR count). The van der Waals surface area contributed by atoms with Gasteiger partial charge in [0.15, 0.2) is 6.61 Å². The molecule has 46 heavy (non-hydrogen) atoms. The number of esters is 2. The maximum Gasteiger partial charge on any atom is 0.326 e. The number of hydrogen-bond donors (Lipinski definition) is 2. The number of ether oxygens (including phenoxy) is 3. The number of methoxy groups -OCH3 is 2. The Morgan fingerprint density at radius 1 is 0.957 bits per heavy atom. The van der Waals surface area contributed by atoms with Gasteiger partial charge in [0.1, 0.15) is 24.4 Å². The van der Waals surface area contributed by atoms with Gasteiger partial charge in [0, 0.05) is 39.2 Å². The Balaban J connectivity index is 1.85. The number of amides is 4. The Hall–Kier alpha value is -4.98. The zero-order valence-corrected chi connectivity index (χ0v) is 26.5. The van der Waals surface area contributed by atoms with E-state index in [0.29, 0.717) is 29.8 Å². The molecule has 2 atom stereocenters. The standard InChI is InChI=1S/C32H41N5O9/c1-35(2)27(38)20-46-29(40)19-36-15-16-37(26(32(36)43)18-28(39)45-4)31(42)25(17-22-7-11-24(44-3)12-8-22)34-30(41)23-9-5-21(6-10-23)13-14-33/h5-12,25-26H,13-20,33H2,1-4H3,(H,34,41)/t25-,26-/m0/s1. The molecule has 3 N–H and O–H groups in total. The van der Waals surface area contributed by atoms with Gasteiger partial charge in [0.2, 0.25) is 11.8 Å². The molecular formula is C32H41N5O9. The summed E-state index contributed by atoms with van der Waals surface area (Å²) in [7, 11) is 5.71. The summed E-state index contributed by atoms with van der Waals surface area (Å²) in [5, 5.41) is 2.80.